The van der Waals surface area contributed by atoms with Crippen molar-refractivity contribution < 1.29 is 14.4 Å². The first kappa shape index (κ1) is 26.5. The Morgan fingerprint density at radius 1 is 1.32 bits per heavy atom. The van der Waals surface area contributed by atoms with E-state index in [1.807, 2.05) is 12.1 Å². The number of pyridine rings is 1. The lowest BCUT2D eigenvalue weighted by Gasteiger charge is -2.34. The molecule has 0 saturated carbocycles. The van der Waals surface area contributed by atoms with Gasteiger partial charge in [0.1, 0.15) is 0 Å². The monoisotopic (exact) mass is 544 g/mol. The number of piperazine rings is 1. The fourth-order valence-electron chi connectivity index (χ4n) is 3.91. The summed E-state index contributed by atoms with van der Waals surface area (Å²) in [6.07, 6.45) is 3.13. The van der Waals surface area contributed by atoms with E-state index in [1.165, 1.54) is 34.8 Å². The van der Waals surface area contributed by atoms with Gasteiger partial charge in [-0.15, -0.1) is 11.3 Å². The minimum atomic E-state index is -0.695. The van der Waals surface area contributed by atoms with Crippen molar-refractivity contribution in [3.8, 4) is 0 Å². The maximum Gasteiger partial charge on any atom is 0.256 e. The molecule has 4 rings (SSSR count). The van der Waals surface area contributed by atoms with Gasteiger partial charge in [-0.05, 0) is 36.8 Å². The standard InChI is InChI=1S/C24H26ClFN8O2S/c1-3-28-34(27-2)15-17-13-18(29-21(14-17)30-24-33(36)11-12-37-24)16-31-7-9-32(10-8-31)23(35)19-5-4-6-20(25)22(19)26/h3-6,11-14,36H,2,7-10,15-16H2,1H3/b28-3-,30-24-. The number of thiazole rings is 1. The normalized spacial score (nSPS) is 14.9. The first-order valence-electron chi connectivity index (χ1n) is 11.5. The van der Waals surface area contributed by atoms with Crippen LogP contribution in [0.5, 0.6) is 0 Å². The Balaban J connectivity index is 1.50. The molecule has 1 saturated heterocycles. The summed E-state index contributed by atoms with van der Waals surface area (Å²) in [5.74, 6) is -0.630. The molecule has 0 bridgehead atoms. The fourth-order valence-corrected chi connectivity index (χ4v) is 4.69. The fraction of sp³-hybridized carbons (Fsp3) is 0.292. The number of hydrogen-bond donors (Lipinski definition) is 1. The second-order valence-electron chi connectivity index (χ2n) is 8.18. The first-order chi connectivity index (χ1) is 17.9. The highest BCUT2D eigenvalue weighted by atomic mass is 35.5. The Morgan fingerprint density at radius 3 is 2.78 bits per heavy atom. The molecule has 2 aromatic heterocycles. The minimum absolute atomic E-state index is 0.0219. The van der Waals surface area contributed by atoms with Crippen LogP contribution in [0.15, 0.2) is 57.1 Å². The SMILES string of the molecule is C=NN(Cc1cc(CN2CCN(C(=O)c3cccc(Cl)c3F)CC2)nc(/N=c2\sccn2O)c1)/N=C\C. The molecule has 0 spiro atoms. The van der Waals surface area contributed by atoms with Crippen LogP contribution in [0, 0.1) is 5.82 Å². The minimum Gasteiger partial charge on any atom is -0.426 e. The first-order valence-corrected chi connectivity index (χ1v) is 12.7. The number of carbonyl (C=O) groups is 1. The summed E-state index contributed by atoms with van der Waals surface area (Å²) in [6, 6.07) is 8.19. The zero-order chi connectivity index (χ0) is 26.4. The van der Waals surface area contributed by atoms with Crippen LogP contribution in [0.1, 0.15) is 28.5 Å². The third kappa shape index (κ3) is 6.59. The molecule has 1 amide bonds. The Kier molecular flexibility index (Phi) is 8.64. The predicted octanol–water partition coefficient (Wildman–Crippen LogP) is 3.59. The van der Waals surface area contributed by atoms with Crippen molar-refractivity contribution in [1.29, 1.82) is 0 Å². The molecule has 3 aromatic rings. The topological polar surface area (TPSA) is 102 Å². The van der Waals surface area contributed by atoms with Gasteiger partial charge in [-0.25, -0.2) is 9.37 Å². The van der Waals surface area contributed by atoms with Crippen LogP contribution < -0.4 is 4.80 Å². The van der Waals surface area contributed by atoms with Gasteiger partial charge in [-0.2, -0.15) is 25.0 Å². The average molecular weight is 545 g/mol. The number of halogens is 2. The molecule has 1 N–H and O–H groups in total. The number of carbonyl (C=O) groups excluding carboxylic acids is 1. The van der Waals surface area contributed by atoms with E-state index in [-0.39, 0.29) is 16.5 Å². The van der Waals surface area contributed by atoms with Crippen LogP contribution in [0.4, 0.5) is 10.2 Å². The molecule has 1 fully saturated rings. The van der Waals surface area contributed by atoms with Gasteiger partial charge < -0.3 is 10.1 Å². The van der Waals surface area contributed by atoms with Gasteiger partial charge >= 0.3 is 0 Å². The molecular weight excluding hydrogens is 519 g/mol. The van der Waals surface area contributed by atoms with Gasteiger partial charge in [0.2, 0.25) is 4.80 Å². The van der Waals surface area contributed by atoms with Gasteiger partial charge in [-0.1, -0.05) is 17.7 Å². The molecule has 0 unspecified atom stereocenters. The number of rotatable bonds is 8. The quantitative estimate of drug-likeness (QED) is 0.265. The van der Waals surface area contributed by atoms with Gasteiger partial charge in [0.25, 0.3) is 5.91 Å². The molecule has 13 heteroatoms. The second-order valence-corrected chi connectivity index (χ2v) is 9.46. The summed E-state index contributed by atoms with van der Waals surface area (Å²) in [7, 11) is 0. The van der Waals surface area contributed by atoms with Gasteiger partial charge in [0.15, 0.2) is 11.6 Å². The summed E-state index contributed by atoms with van der Waals surface area (Å²) >= 11 is 7.13. The van der Waals surface area contributed by atoms with Crippen LogP contribution in [0.25, 0.3) is 0 Å². The summed E-state index contributed by atoms with van der Waals surface area (Å²) in [5.41, 5.74) is 1.61. The molecule has 1 aliphatic heterocycles. The summed E-state index contributed by atoms with van der Waals surface area (Å²) in [5, 5.41) is 21.1. The molecule has 194 valence electrons. The highest BCUT2D eigenvalue weighted by molar-refractivity contribution is 7.07. The predicted molar refractivity (Wildman–Crippen MR) is 141 cm³/mol. The zero-order valence-corrected chi connectivity index (χ0v) is 21.7. The van der Waals surface area contributed by atoms with E-state index >= 15 is 0 Å². The summed E-state index contributed by atoms with van der Waals surface area (Å²) in [4.78, 5) is 26.2. The van der Waals surface area contributed by atoms with E-state index in [9.17, 15) is 14.4 Å². The Bertz CT molecular complexity index is 1370. The van der Waals surface area contributed by atoms with Crippen molar-refractivity contribution in [2.75, 3.05) is 26.2 Å². The van der Waals surface area contributed by atoms with Crippen LogP contribution in [-0.2, 0) is 13.1 Å². The number of amides is 1. The van der Waals surface area contributed by atoms with Gasteiger partial charge in [0, 0.05) is 51.0 Å². The van der Waals surface area contributed by atoms with Crippen LogP contribution >= 0.6 is 22.9 Å². The molecule has 37 heavy (non-hydrogen) atoms. The van der Waals surface area contributed by atoms with Crippen LogP contribution in [0.2, 0.25) is 5.02 Å². The molecule has 10 nitrogen and oxygen atoms in total. The molecule has 1 aliphatic rings. The number of aromatic nitrogens is 2. The molecular formula is C24H26ClFN8O2S. The number of nitrogens with zero attached hydrogens (tertiary/aromatic N) is 8. The number of hydrazone groups is 2. The van der Waals surface area contributed by atoms with Crippen molar-refractivity contribution in [2.24, 2.45) is 15.2 Å². The molecule has 3 heterocycles. The Labute approximate surface area is 222 Å². The number of hydrogen-bond acceptors (Lipinski definition) is 9. The largest absolute Gasteiger partial charge is 0.426 e. The summed E-state index contributed by atoms with van der Waals surface area (Å²) < 4.78 is 15.3. The maximum absolute atomic E-state index is 14.3. The van der Waals surface area contributed by atoms with E-state index in [0.29, 0.717) is 49.9 Å². The van der Waals surface area contributed by atoms with Crippen LogP contribution in [-0.4, -0.2) is 74.9 Å². The highest BCUT2D eigenvalue weighted by Gasteiger charge is 2.25. The van der Waals surface area contributed by atoms with Crippen molar-refractivity contribution in [1.82, 2.24) is 24.6 Å². The third-order valence-corrected chi connectivity index (χ3v) is 6.71. The van der Waals surface area contributed by atoms with E-state index < -0.39 is 5.82 Å². The van der Waals surface area contributed by atoms with Crippen molar-refractivity contribution in [3.63, 3.8) is 0 Å². The zero-order valence-electron chi connectivity index (χ0n) is 20.2. The second kappa shape index (κ2) is 12.1. The Hall–Kier alpha value is -3.61. The van der Waals surface area contributed by atoms with Gasteiger partial charge in [-0.3, -0.25) is 9.69 Å². The lowest BCUT2D eigenvalue weighted by atomic mass is 10.1. The molecule has 1 aromatic carbocycles. The lowest BCUT2D eigenvalue weighted by molar-refractivity contribution is 0.0622. The van der Waals surface area contributed by atoms with E-state index in [0.717, 1.165) is 16.0 Å². The van der Waals surface area contributed by atoms with Crippen molar-refractivity contribution in [2.45, 2.75) is 20.0 Å². The smallest absolute Gasteiger partial charge is 0.256 e. The molecule has 0 atom stereocenters. The Morgan fingerprint density at radius 2 is 2.11 bits per heavy atom. The maximum atomic E-state index is 14.3. The van der Waals surface area contributed by atoms with E-state index in [1.54, 1.807) is 29.5 Å². The van der Waals surface area contributed by atoms with Gasteiger partial charge in [0.05, 0.1) is 29.0 Å². The van der Waals surface area contributed by atoms with Crippen LogP contribution in [0.3, 0.4) is 0 Å². The molecule has 0 aliphatic carbocycles. The third-order valence-electron chi connectivity index (χ3n) is 5.67. The lowest BCUT2D eigenvalue weighted by Crippen LogP contribution is -2.48. The summed E-state index contributed by atoms with van der Waals surface area (Å²) in [6.45, 7) is 8.31. The van der Waals surface area contributed by atoms with E-state index in [2.05, 4.69) is 31.8 Å². The molecule has 0 radical (unpaired) electrons. The van der Waals surface area contributed by atoms with Crippen molar-refractivity contribution >= 4 is 47.6 Å². The highest BCUT2D eigenvalue weighted by Crippen LogP contribution is 2.21. The van der Waals surface area contributed by atoms with E-state index in [4.69, 9.17) is 11.6 Å². The van der Waals surface area contributed by atoms with Crippen molar-refractivity contribution in [3.05, 3.63) is 74.4 Å². The number of benzene rings is 1. The average Bonchev–Trinajstić information content (AvgIpc) is 3.29.